The van der Waals surface area contributed by atoms with Gasteiger partial charge in [-0.3, -0.25) is 0 Å². The van der Waals surface area contributed by atoms with Gasteiger partial charge >= 0.3 is 113 Å². The Balaban J connectivity index is 2.96. The van der Waals surface area contributed by atoms with Gasteiger partial charge in [0.1, 0.15) is 0 Å². The summed E-state index contributed by atoms with van der Waals surface area (Å²) in [6.45, 7) is 1.83. The molecule has 8 heteroatoms. The van der Waals surface area contributed by atoms with Gasteiger partial charge in [-0.25, -0.2) is 0 Å². The monoisotopic (exact) mass is 341 g/mol. The van der Waals surface area contributed by atoms with E-state index in [1.54, 1.807) is 6.92 Å². The molecule has 0 unspecified atom stereocenters. The summed E-state index contributed by atoms with van der Waals surface area (Å²) in [5.74, 6) is -0.515. The molecule has 0 amide bonds. The second kappa shape index (κ2) is 6.68. The SMILES string of the molecule is CCOC(=O)C[Se]c1nccc(C(F)(F)F)c1C=O. The van der Waals surface area contributed by atoms with Crippen LogP contribution in [0, 0.1) is 0 Å². The fraction of sp³-hybridized carbons (Fsp3) is 0.364. The number of hydrogen-bond donors (Lipinski definition) is 0. The van der Waals surface area contributed by atoms with E-state index >= 15 is 0 Å². The summed E-state index contributed by atoms with van der Waals surface area (Å²) in [5, 5.41) is -0.0595. The van der Waals surface area contributed by atoms with Gasteiger partial charge in [-0.2, -0.15) is 0 Å². The Morgan fingerprint density at radius 1 is 1.53 bits per heavy atom. The average molecular weight is 340 g/mol. The molecule has 0 aliphatic heterocycles. The summed E-state index contributed by atoms with van der Waals surface area (Å²) in [6, 6.07) is 0.744. The molecular weight excluding hydrogens is 330 g/mol. The Labute approximate surface area is 113 Å². The molecule has 0 radical (unpaired) electrons. The van der Waals surface area contributed by atoms with Gasteiger partial charge in [-0.05, 0) is 0 Å². The van der Waals surface area contributed by atoms with Gasteiger partial charge in [0, 0.05) is 0 Å². The van der Waals surface area contributed by atoms with Crippen LogP contribution in [-0.2, 0) is 15.7 Å². The second-order valence-electron chi connectivity index (χ2n) is 3.29. The maximum atomic E-state index is 12.7. The summed E-state index contributed by atoms with van der Waals surface area (Å²) in [7, 11) is 0. The Bertz CT molecular complexity index is 477. The van der Waals surface area contributed by atoms with Crippen LogP contribution in [0.15, 0.2) is 12.3 Å². The van der Waals surface area contributed by atoms with Crippen molar-refractivity contribution < 1.29 is 27.5 Å². The molecule has 1 aromatic heterocycles. The van der Waals surface area contributed by atoms with Crippen LogP contribution in [0.2, 0.25) is 5.32 Å². The van der Waals surface area contributed by atoms with E-state index in [2.05, 4.69) is 9.72 Å². The van der Waals surface area contributed by atoms with Crippen LogP contribution in [0.5, 0.6) is 0 Å². The molecule has 0 fully saturated rings. The third-order valence-electron chi connectivity index (χ3n) is 2.01. The Morgan fingerprint density at radius 2 is 2.21 bits per heavy atom. The van der Waals surface area contributed by atoms with E-state index in [0.29, 0.717) is 0 Å². The molecule has 0 saturated carbocycles. The molecule has 0 atom stereocenters. The van der Waals surface area contributed by atoms with E-state index in [4.69, 9.17) is 0 Å². The van der Waals surface area contributed by atoms with Crippen molar-refractivity contribution in [1.29, 1.82) is 0 Å². The van der Waals surface area contributed by atoms with Crippen LogP contribution in [0.4, 0.5) is 13.2 Å². The number of ether oxygens (including phenoxy) is 1. The number of aldehydes is 1. The van der Waals surface area contributed by atoms with Crippen molar-refractivity contribution in [2.24, 2.45) is 0 Å². The van der Waals surface area contributed by atoms with Crippen molar-refractivity contribution in [2.75, 3.05) is 6.61 Å². The van der Waals surface area contributed by atoms with Crippen LogP contribution in [-0.4, -0.2) is 38.8 Å². The Morgan fingerprint density at radius 3 is 2.74 bits per heavy atom. The third kappa shape index (κ3) is 4.33. The zero-order valence-corrected chi connectivity index (χ0v) is 11.6. The molecule has 0 bridgehead atoms. The number of esters is 1. The predicted molar refractivity (Wildman–Crippen MR) is 61.5 cm³/mol. The van der Waals surface area contributed by atoms with Crippen LogP contribution < -0.4 is 4.59 Å². The van der Waals surface area contributed by atoms with E-state index in [1.165, 1.54) is 0 Å². The van der Waals surface area contributed by atoms with Crippen LogP contribution in [0.1, 0.15) is 22.8 Å². The van der Waals surface area contributed by atoms with Crippen molar-refractivity contribution in [3.63, 3.8) is 0 Å². The number of halogens is 3. The van der Waals surface area contributed by atoms with Gasteiger partial charge in [0.2, 0.25) is 0 Å². The Hall–Kier alpha value is -1.40. The fourth-order valence-electron chi connectivity index (χ4n) is 1.26. The standard InChI is InChI=1S/C11H10F3NO3Se/c1-2-18-9(17)6-19-10-7(5-16)8(3-4-15-10)11(12,13)14/h3-5H,2,6H2,1H3. The average Bonchev–Trinajstić information content (AvgIpc) is 2.35. The van der Waals surface area contributed by atoms with Crippen molar-refractivity contribution >= 4 is 31.8 Å². The molecule has 1 rings (SSSR count). The quantitative estimate of drug-likeness (QED) is 0.460. The molecular formula is C11H10F3NO3Se. The molecule has 0 spiro atoms. The van der Waals surface area contributed by atoms with E-state index in [9.17, 15) is 22.8 Å². The number of nitrogens with zero attached hydrogens (tertiary/aromatic N) is 1. The molecule has 0 aliphatic rings. The van der Waals surface area contributed by atoms with Crippen molar-refractivity contribution in [3.05, 3.63) is 23.4 Å². The van der Waals surface area contributed by atoms with Gasteiger partial charge in [0.15, 0.2) is 0 Å². The molecule has 0 saturated heterocycles. The molecule has 1 aromatic rings. The van der Waals surface area contributed by atoms with Gasteiger partial charge in [0.05, 0.1) is 0 Å². The minimum atomic E-state index is -4.62. The van der Waals surface area contributed by atoms with E-state index in [-0.39, 0.29) is 22.8 Å². The molecule has 19 heavy (non-hydrogen) atoms. The number of rotatable bonds is 5. The Kier molecular flexibility index (Phi) is 5.50. The van der Waals surface area contributed by atoms with Crippen LogP contribution >= 0.6 is 0 Å². The van der Waals surface area contributed by atoms with Crippen molar-refractivity contribution in [2.45, 2.75) is 18.4 Å². The first-order chi connectivity index (χ1) is 8.90. The number of carbonyl (C=O) groups excluding carboxylic acids is 2. The summed E-state index contributed by atoms with van der Waals surface area (Å²) in [4.78, 5) is 25.7. The number of hydrogen-bond acceptors (Lipinski definition) is 4. The molecule has 0 N–H and O–H groups in total. The topological polar surface area (TPSA) is 56.3 Å². The maximum absolute atomic E-state index is 12.7. The van der Waals surface area contributed by atoms with E-state index < -0.39 is 38.2 Å². The minimum absolute atomic E-state index is 0.00498. The van der Waals surface area contributed by atoms with Crippen LogP contribution in [0.25, 0.3) is 0 Å². The van der Waals surface area contributed by atoms with Crippen LogP contribution in [0.3, 0.4) is 0 Å². The second-order valence-corrected chi connectivity index (χ2v) is 5.31. The summed E-state index contributed by atoms with van der Waals surface area (Å²) < 4.78 is 42.7. The van der Waals surface area contributed by atoms with Gasteiger partial charge < -0.3 is 0 Å². The molecule has 104 valence electrons. The summed E-state index contributed by atoms with van der Waals surface area (Å²) in [5.41, 5.74) is -1.53. The number of pyridine rings is 1. The first kappa shape index (κ1) is 15.7. The van der Waals surface area contributed by atoms with E-state index in [0.717, 1.165) is 12.3 Å². The molecule has 4 nitrogen and oxygen atoms in total. The van der Waals surface area contributed by atoms with Gasteiger partial charge in [0.25, 0.3) is 0 Å². The van der Waals surface area contributed by atoms with Crippen molar-refractivity contribution in [3.8, 4) is 0 Å². The van der Waals surface area contributed by atoms with E-state index in [1.807, 2.05) is 0 Å². The molecule has 0 aromatic carbocycles. The fourth-order valence-corrected chi connectivity index (χ4v) is 2.91. The number of aromatic nitrogens is 1. The third-order valence-corrected chi connectivity index (χ3v) is 4.06. The predicted octanol–water partition coefficient (Wildman–Crippen LogP) is 1.22. The normalized spacial score (nSPS) is 11.2. The molecule has 1 heterocycles. The number of carbonyl (C=O) groups is 2. The summed E-state index contributed by atoms with van der Waals surface area (Å²) >= 11 is -0.677. The first-order valence-electron chi connectivity index (χ1n) is 5.20. The first-order valence-corrected chi connectivity index (χ1v) is 7.26. The van der Waals surface area contributed by atoms with Gasteiger partial charge in [-0.1, -0.05) is 0 Å². The van der Waals surface area contributed by atoms with Gasteiger partial charge in [-0.15, -0.1) is 0 Å². The zero-order chi connectivity index (χ0) is 14.5. The summed E-state index contributed by atoms with van der Waals surface area (Å²) in [6.07, 6.45) is -3.51. The number of alkyl halides is 3. The molecule has 0 aliphatic carbocycles. The zero-order valence-electron chi connectivity index (χ0n) is 9.86. The van der Waals surface area contributed by atoms with Crippen molar-refractivity contribution in [1.82, 2.24) is 4.98 Å².